The minimum atomic E-state index is -0.427. The maximum atomic E-state index is 6.45. The van der Waals surface area contributed by atoms with Crippen molar-refractivity contribution < 1.29 is 9.31 Å². The summed E-state index contributed by atoms with van der Waals surface area (Å²) < 4.78 is 14.0. The Morgan fingerprint density at radius 3 is 1.53 bits per heavy atom. The van der Waals surface area contributed by atoms with E-state index >= 15 is 0 Å². The van der Waals surface area contributed by atoms with Gasteiger partial charge in [-0.15, -0.1) is 0 Å². The summed E-state index contributed by atoms with van der Waals surface area (Å²) in [7, 11) is -0.427. The van der Waals surface area contributed by atoms with E-state index in [0.29, 0.717) is 0 Å². The van der Waals surface area contributed by atoms with E-state index in [9.17, 15) is 0 Å². The second kappa shape index (κ2) is 7.67. The molecule has 0 aromatic heterocycles. The Morgan fingerprint density at radius 1 is 0.633 bits per heavy atom. The third-order valence-corrected chi connectivity index (χ3v) is 7.04. The molecule has 2 nitrogen and oxygen atoms in total. The Hall–Kier alpha value is -1.88. The van der Waals surface area contributed by atoms with Crippen LogP contribution in [-0.4, -0.2) is 18.3 Å². The topological polar surface area (TPSA) is 18.5 Å². The summed E-state index contributed by atoms with van der Waals surface area (Å²) in [5, 5.41) is 0. The molecule has 0 unspecified atom stereocenters. The fraction of sp³-hybridized carbons (Fsp3) is 0.308. The summed E-state index contributed by atoms with van der Waals surface area (Å²) in [6.45, 7) is 12.6. The van der Waals surface area contributed by atoms with Crippen molar-refractivity contribution in [3.8, 4) is 22.3 Å². The van der Waals surface area contributed by atoms with Crippen LogP contribution in [0.1, 0.15) is 38.8 Å². The molecule has 0 bridgehead atoms. The lowest BCUT2D eigenvalue weighted by atomic mass is 9.72. The van der Waals surface area contributed by atoms with Gasteiger partial charge in [-0.05, 0) is 69.8 Å². The molecule has 154 valence electrons. The normalized spacial score (nSPS) is 17.4. The summed E-state index contributed by atoms with van der Waals surface area (Å²) in [5.74, 6) is 0. The molecule has 3 aromatic rings. The van der Waals surface area contributed by atoms with Crippen molar-refractivity contribution in [2.45, 2.75) is 52.7 Å². The van der Waals surface area contributed by atoms with E-state index < -0.39 is 7.12 Å². The van der Waals surface area contributed by atoms with Crippen molar-refractivity contribution in [1.29, 1.82) is 0 Å². The number of aryl methyl sites for hydroxylation is 2. The van der Waals surface area contributed by atoms with Crippen LogP contribution in [0.2, 0.25) is 0 Å². The Morgan fingerprint density at radius 2 is 1.07 bits per heavy atom. The SMILES string of the molecule is Cc1ccc(-c2c(Br)ccc(B3OC(C)(C)C(C)(C)O3)c2-c2ccc(C)cc2)cc1. The maximum absolute atomic E-state index is 6.45. The van der Waals surface area contributed by atoms with Crippen LogP contribution in [0.15, 0.2) is 65.1 Å². The van der Waals surface area contributed by atoms with Gasteiger partial charge < -0.3 is 9.31 Å². The molecule has 1 aliphatic heterocycles. The summed E-state index contributed by atoms with van der Waals surface area (Å²) >= 11 is 3.82. The van der Waals surface area contributed by atoms with Gasteiger partial charge in [-0.3, -0.25) is 0 Å². The molecule has 30 heavy (non-hydrogen) atoms. The molecule has 4 rings (SSSR count). The number of halogens is 1. The van der Waals surface area contributed by atoms with E-state index in [0.717, 1.165) is 26.6 Å². The zero-order valence-corrected chi connectivity index (χ0v) is 20.1. The Kier molecular flexibility index (Phi) is 5.46. The zero-order chi connectivity index (χ0) is 21.7. The van der Waals surface area contributed by atoms with E-state index in [-0.39, 0.29) is 11.2 Å². The average molecular weight is 463 g/mol. The smallest absolute Gasteiger partial charge is 0.399 e. The lowest BCUT2D eigenvalue weighted by Gasteiger charge is -2.32. The third kappa shape index (κ3) is 3.77. The van der Waals surface area contributed by atoms with Crippen LogP contribution < -0.4 is 5.46 Å². The van der Waals surface area contributed by atoms with Gasteiger partial charge in [-0.2, -0.15) is 0 Å². The first-order valence-corrected chi connectivity index (χ1v) is 11.2. The van der Waals surface area contributed by atoms with Gasteiger partial charge in [0.15, 0.2) is 0 Å². The number of rotatable bonds is 3. The van der Waals surface area contributed by atoms with Crippen molar-refractivity contribution >= 4 is 28.5 Å². The first-order chi connectivity index (χ1) is 14.1. The molecule has 0 spiro atoms. The zero-order valence-electron chi connectivity index (χ0n) is 18.5. The first-order valence-electron chi connectivity index (χ1n) is 10.4. The summed E-state index contributed by atoms with van der Waals surface area (Å²) in [6.07, 6.45) is 0. The van der Waals surface area contributed by atoms with Crippen LogP contribution in [-0.2, 0) is 9.31 Å². The van der Waals surface area contributed by atoms with E-state index in [4.69, 9.17) is 9.31 Å². The van der Waals surface area contributed by atoms with E-state index in [2.05, 4.69) is 118 Å². The Balaban J connectivity index is 1.96. The summed E-state index contributed by atoms with van der Waals surface area (Å²) in [4.78, 5) is 0. The number of benzene rings is 3. The van der Waals surface area contributed by atoms with Gasteiger partial charge in [0.2, 0.25) is 0 Å². The fourth-order valence-electron chi connectivity index (χ4n) is 3.79. The first kappa shape index (κ1) is 21.4. The van der Waals surface area contributed by atoms with Crippen LogP contribution >= 0.6 is 15.9 Å². The highest BCUT2D eigenvalue weighted by atomic mass is 79.9. The Bertz CT molecular complexity index is 1050. The number of hydrogen-bond donors (Lipinski definition) is 0. The van der Waals surface area contributed by atoms with Gasteiger partial charge in [0.05, 0.1) is 11.2 Å². The lowest BCUT2D eigenvalue weighted by molar-refractivity contribution is 0.00578. The van der Waals surface area contributed by atoms with Gasteiger partial charge in [-0.25, -0.2) is 0 Å². The molecule has 0 saturated carbocycles. The molecule has 0 atom stereocenters. The molecule has 1 saturated heterocycles. The van der Waals surface area contributed by atoms with Gasteiger partial charge in [0.25, 0.3) is 0 Å². The predicted molar refractivity (Wildman–Crippen MR) is 130 cm³/mol. The molecular formula is C26H28BBrO2. The van der Waals surface area contributed by atoms with Crippen molar-refractivity contribution in [2.24, 2.45) is 0 Å². The number of hydrogen-bond acceptors (Lipinski definition) is 2. The molecule has 1 aliphatic rings. The molecule has 1 fully saturated rings. The molecular weight excluding hydrogens is 435 g/mol. The minimum Gasteiger partial charge on any atom is -0.399 e. The second-order valence-corrected chi connectivity index (χ2v) is 10.1. The minimum absolute atomic E-state index is 0.390. The van der Waals surface area contributed by atoms with Crippen molar-refractivity contribution in [3.63, 3.8) is 0 Å². The summed E-state index contributed by atoms with van der Waals surface area (Å²) in [5.41, 5.74) is 7.38. The molecule has 0 aliphatic carbocycles. The largest absolute Gasteiger partial charge is 0.495 e. The lowest BCUT2D eigenvalue weighted by Crippen LogP contribution is -2.41. The highest BCUT2D eigenvalue weighted by Crippen LogP contribution is 2.41. The molecule has 0 amide bonds. The predicted octanol–water partition coefficient (Wildman–Crippen LogP) is 6.70. The van der Waals surface area contributed by atoms with Gasteiger partial charge in [-0.1, -0.05) is 81.7 Å². The van der Waals surface area contributed by atoms with Crippen molar-refractivity contribution in [2.75, 3.05) is 0 Å². The van der Waals surface area contributed by atoms with E-state index in [1.54, 1.807) is 0 Å². The standard InChI is InChI=1S/C26H28BBrO2/c1-17-7-11-19(12-8-17)23-21(27-29-25(3,4)26(5,6)30-27)15-16-22(28)24(23)20-13-9-18(2)10-14-20/h7-16H,1-6H3. The van der Waals surface area contributed by atoms with E-state index in [1.165, 1.54) is 16.7 Å². The van der Waals surface area contributed by atoms with Crippen molar-refractivity contribution in [3.05, 3.63) is 76.3 Å². The molecule has 3 aromatic carbocycles. The third-order valence-electron chi connectivity index (χ3n) is 6.37. The summed E-state index contributed by atoms with van der Waals surface area (Å²) in [6, 6.07) is 21.6. The average Bonchev–Trinajstić information content (AvgIpc) is 2.90. The molecule has 4 heteroatoms. The van der Waals surface area contributed by atoms with Gasteiger partial charge in [0, 0.05) is 10.0 Å². The highest BCUT2D eigenvalue weighted by molar-refractivity contribution is 9.10. The quantitative estimate of drug-likeness (QED) is 0.403. The van der Waals surface area contributed by atoms with E-state index in [1.807, 2.05) is 0 Å². The second-order valence-electron chi connectivity index (χ2n) is 9.21. The van der Waals surface area contributed by atoms with Crippen LogP contribution in [0.5, 0.6) is 0 Å². The monoisotopic (exact) mass is 462 g/mol. The van der Waals surface area contributed by atoms with Crippen molar-refractivity contribution in [1.82, 2.24) is 0 Å². The molecule has 0 N–H and O–H groups in total. The van der Waals surface area contributed by atoms with Crippen LogP contribution in [0.4, 0.5) is 0 Å². The van der Waals surface area contributed by atoms with Crippen LogP contribution in [0.3, 0.4) is 0 Å². The van der Waals surface area contributed by atoms with Gasteiger partial charge in [0.1, 0.15) is 0 Å². The van der Waals surface area contributed by atoms with Crippen LogP contribution in [0, 0.1) is 13.8 Å². The van der Waals surface area contributed by atoms with Gasteiger partial charge >= 0.3 is 7.12 Å². The maximum Gasteiger partial charge on any atom is 0.495 e. The molecule has 0 radical (unpaired) electrons. The fourth-order valence-corrected chi connectivity index (χ4v) is 4.35. The molecule has 1 heterocycles. The van der Waals surface area contributed by atoms with Crippen LogP contribution in [0.25, 0.3) is 22.3 Å². The Labute approximate surface area is 188 Å². The highest BCUT2D eigenvalue weighted by Gasteiger charge is 2.52.